The van der Waals surface area contributed by atoms with E-state index >= 15 is 0 Å². The van der Waals surface area contributed by atoms with E-state index in [0.29, 0.717) is 12.1 Å². The first kappa shape index (κ1) is 10.4. The molecule has 0 saturated carbocycles. The van der Waals surface area contributed by atoms with E-state index in [0.717, 1.165) is 5.54 Å². The minimum Gasteiger partial charge on any atom is -0.206 e. The summed E-state index contributed by atoms with van der Waals surface area (Å²) in [5.74, 6) is -3.39. The van der Waals surface area contributed by atoms with Gasteiger partial charge in [0.25, 0.3) is 0 Å². The van der Waals surface area contributed by atoms with Gasteiger partial charge in [-0.25, -0.2) is 13.2 Å². The van der Waals surface area contributed by atoms with Crippen molar-refractivity contribution in [1.82, 2.24) is 0 Å². The molecule has 0 bridgehead atoms. The summed E-state index contributed by atoms with van der Waals surface area (Å²) in [6.45, 7) is 0. The third-order valence-electron chi connectivity index (χ3n) is 1.36. The molecule has 0 radical (unpaired) electrons. The highest BCUT2D eigenvalue weighted by molar-refractivity contribution is 6.52. The Morgan fingerprint density at radius 1 is 1.08 bits per heavy atom. The van der Waals surface area contributed by atoms with Crippen molar-refractivity contribution in [2.75, 3.05) is 0 Å². The van der Waals surface area contributed by atoms with E-state index in [-0.39, 0.29) is 10.6 Å². The normalized spacial score (nSPS) is 11.9. The Morgan fingerprint density at radius 2 is 1.62 bits per heavy atom. The molecule has 1 aromatic rings. The van der Waals surface area contributed by atoms with Crippen LogP contribution in [0.15, 0.2) is 17.7 Å². The number of benzene rings is 1. The molecule has 0 aliphatic rings. The lowest BCUT2D eigenvalue weighted by Crippen LogP contribution is -1.91. The van der Waals surface area contributed by atoms with Gasteiger partial charge in [-0.15, -0.1) is 0 Å². The minimum atomic E-state index is -1.26. The summed E-state index contributed by atoms with van der Waals surface area (Å²) in [6, 6.07) is 1.05. The van der Waals surface area contributed by atoms with Crippen LogP contribution in [-0.2, 0) is 0 Å². The molecule has 0 fully saturated rings. The quantitative estimate of drug-likeness (QED) is 0.638. The maximum atomic E-state index is 12.9. The molecule has 0 spiro atoms. The van der Waals surface area contributed by atoms with Gasteiger partial charge in [-0.3, -0.25) is 0 Å². The van der Waals surface area contributed by atoms with Crippen molar-refractivity contribution in [3.05, 3.63) is 40.7 Å². The minimum absolute atomic E-state index is 0.182. The standard InChI is InChI=1S/C8H3Cl2F3/c9-3-5(10)4-1-7(12)8(13)2-6(4)11/h1-3H/b5-3-. The van der Waals surface area contributed by atoms with Crippen LogP contribution >= 0.6 is 23.2 Å². The van der Waals surface area contributed by atoms with Gasteiger partial charge in [0.15, 0.2) is 11.6 Å². The lowest BCUT2D eigenvalue weighted by Gasteiger charge is -2.01. The van der Waals surface area contributed by atoms with Crippen molar-refractivity contribution in [3.8, 4) is 0 Å². The fourth-order valence-electron chi connectivity index (χ4n) is 0.764. The molecule has 0 heterocycles. The monoisotopic (exact) mass is 226 g/mol. The van der Waals surface area contributed by atoms with Crippen LogP contribution in [-0.4, -0.2) is 0 Å². The van der Waals surface area contributed by atoms with E-state index in [2.05, 4.69) is 0 Å². The van der Waals surface area contributed by atoms with Crippen LogP contribution in [0.25, 0.3) is 5.03 Å². The number of halogens is 5. The summed E-state index contributed by atoms with van der Waals surface area (Å²) in [6.07, 6.45) is 0. The second kappa shape index (κ2) is 4.03. The highest BCUT2D eigenvalue weighted by Gasteiger charge is 2.11. The molecular weight excluding hydrogens is 224 g/mol. The second-order valence-electron chi connectivity index (χ2n) is 2.20. The van der Waals surface area contributed by atoms with E-state index in [9.17, 15) is 13.2 Å². The van der Waals surface area contributed by atoms with Crippen LogP contribution in [0.1, 0.15) is 5.56 Å². The van der Waals surface area contributed by atoms with E-state index in [1.165, 1.54) is 0 Å². The number of hydrogen-bond acceptors (Lipinski definition) is 0. The van der Waals surface area contributed by atoms with Crippen molar-refractivity contribution in [3.63, 3.8) is 0 Å². The Balaban J connectivity index is 3.32. The topological polar surface area (TPSA) is 0 Å². The van der Waals surface area contributed by atoms with Crippen molar-refractivity contribution >= 4 is 28.2 Å². The number of rotatable bonds is 1. The lowest BCUT2D eigenvalue weighted by atomic mass is 10.2. The fraction of sp³-hybridized carbons (Fsp3) is 0. The summed E-state index contributed by atoms with van der Waals surface area (Å²) in [5.41, 5.74) is 0.604. The molecule has 0 amide bonds. The van der Waals surface area contributed by atoms with Crippen LogP contribution in [0.2, 0.25) is 0 Å². The molecule has 70 valence electrons. The van der Waals surface area contributed by atoms with Crippen molar-refractivity contribution in [2.45, 2.75) is 0 Å². The molecule has 0 aromatic heterocycles. The lowest BCUT2D eigenvalue weighted by molar-refractivity contribution is 0.494. The van der Waals surface area contributed by atoms with E-state index in [1.54, 1.807) is 0 Å². The van der Waals surface area contributed by atoms with Gasteiger partial charge in [0.1, 0.15) is 5.82 Å². The first-order valence-corrected chi connectivity index (χ1v) is 3.98. The summed E-state index contributed by atoms with van der Waals surface area (Å²) >= 11 is 10.6. The molecule has 0 N–H and O–H groups in total. The highest BCUT2D eigenvalue weighted by atomic mass is 35.5. The Morgan fingerprint density at radius 3 is 2.15 bits per heavy atom. The predicted molar refractivity (Wildman–Crippen MR) is 46.0 cm³/mol. The fourth-order valence-corrected chi connectivity index (χ4v) is 1.03. The molecule has 13 heavy (non-hydrogen) atoms. The van der Waals surface area contributed by atoms with E-state index in [4.69, 9.17) is 23.2 Å². The molecule has 5 heteroatoms. The summed E-state index contributed by atoms with van der Waals surface area (Å²) in [7, 11) is 0. The molecular formula is C8H3Cl2F3. The van der Waals surface area contributed by atoms with Gasteiger partial charge in [0.2, 0.25) is 0 Å². The smallest absolute Gasteiger partial charge is 0.161 e. The Kier molecular flexibility index (Phi) is 3.22. The molecule has 0 saturated heterocycles. The summed E-state index contributed by atoms with van der Waals surface area (Å²) in [5, 5.41) is -0.182. The van der Waals surface area contributed by atoms with Gasteiger partial charge in [-0.05, 0) is 6.07 Å². The SMILES string of the molecule is Fc1cc(F)c(/C(Cl)=C/Cl)cc1F. The van der Waals surface area contributed by atoms with Crippen LogP contribution in [0.5, 0.6) is 0 Å². The Labute approximate surface area is 82.6 Å². The molecule has 1 rings (SSSR count). The second-order valence-corrected chi connectivity index (χ2v) is 2.83. The predicted octanol–water partition coefficient (Wildman–Crippen LogP) is 3.88. The zero-order valence-corrected chi connectivity index (χ0v) is 7.63. The first-order valence-electron chi connectivity index (χ1n) is 3.17. The maximum Gasteiger partial charge on any atom is 0.161 e. The molecule has 1 aromatic carbocycles. The average Bonchev–Trinajstić information content (AvgIpc) is 2.10. The van der Waals surface area contributed by atoms with Crippen molar-refractivity contribution in [1.29, 1.82) is 0 Å². The zero-order valence-electron chi connectivity index (χ0n) is 6.12. The van der Waals surface area contributed by atoms with Crippen molar-refractivity contribution < 1.29 is 13.2 Å². The molecule has 0 aliphatic heterocycles. The van der Waals surface area contributed by atoms with Crippen LogP contribution in [0.3, 0.4) is 0 Å². The van der Waals surface area contributed by atoms with E-state index < -0.39 is 17.5 Å². The number of hydrogen-bond donors (Lipinski definition) is 0. The highest BCUT2D eigenvalue weighted by Crippen LogP contribution is 2.24. The van der Waals surface area contributed by atoms with Crippen LogP contribution < -0.4 is 0 Å². The van der Waals surface area contributed by atoms with Crippen LogP contribution in [0, 0.1) is 17.5 Å². The largest absolute Gasteiger partial charge is 0.206 e. The van der Waals surface area contributed by atoms with Gasteiger partial charge in [0, 0.05) is 17.2 Å². The van der Waals surface area contributed by atoms with Gasteiger partial charge in [-0.1, -0.05) is 23.2 Å². The first-order chi connectivity index (χ1) is 6.06. The van der Waals surface area contributed by atoms with Crippen LogP contribution in [0.4, 0.5) is 13.2 Å². The third-order valence-corrected chi connectivity index (χ3v) is 2.01. The molecule has 0 unspecified atom stereocenters. The summed E-state index contributed by atoms with van der Waals surface area (Å²) < 4.78 is 37.9. The average molecular weight is 227 g/mol. The third kappa shape index (κ3) is 2.17. The molecule has 0 nitrogen and oxygen atoms in total. The Bertz CT molecular complexity index is 361. The van der Waals surface area contributed by atoms with Gasteiger partial charge in [0.05, 0.1) is 5.03 Å². The van der Waals surface area contributed by atoms with E-state index in [1.807, 2.05) is 0 Å². The van der Waals surface area contributed by atoms with Crippen molar-refractivity contribution in [2.24, 2.45) is 0 Å². The van der Waals surface area contributed by atoms with Gasteiger partial charge < -0.3 is 0 Å². The maximum absolute atomic E-state index is 12.9. The molecule has 0 atom stereocenters. The Hall–Kier alpha value is -0.670. The summed E-state index contributed by atoms with van der Waals surface area (Å²) in [4.78, 5) is 0. The van der Waals surface area contributed by atoms with Gasteiger partial charge >= 0.3 is 0 Å². The molecule has 0 aliphatic carbocycles. The zero-order chi connectivity index (χ0) is 10.0. The van der Waals surface area contributed by atoms with Gasteiger partial charge in [-0.2, -0.15) is 0 Å².